The molecule has 0 aromatic heterocycles. The number of rotatable bonds is 1. The Kier molecular flexibility index (Phi) is 3.64. The minimum Gasteiger partial charge on any atom is -0.297 e. The van der Waals surface area contributed by atoms with Crippen LogP contribution in [0.25, 0.3) is 0 Å². The maximum atomic E-state index is 13.7. The molecule has 19 heavy (non-hydrogen) atoms. The normalized spacial score (nSPS) is 24.4. The van der Waals surface area contributed by atoms with Gasteiger partial charge in [-0.05, 0) is 44.9 Å². The van der Waals surface area contributed by atoms with Crippen LogP contribution < -0.4 is 0 Å². The van der Waals surface area contributed by atoms with E-state index in [1.165, 1.54) is 0 Å². The van der Waals surface area contributed by atoms with Crippen molar-refractivity contribution in [3.8, 4) is 6.07 Å². The van der Waals surface area contributed by atoms with Gasteiger partial charge in [0.25, 0.3) is 0 Å². The lowest BCUT2D eigenvalue weighted by molar-refractivity contribution is 0.170. The average molecular weight is 260 g/mol. The van der Waals surface area contributed by atoms with Crippen LogP contribution in [-0.2, 0) is 0 Å². The highest BCUT2D eigenvalue weighted by Crippen LogP contribution is 2.36. The van der Waals surface area contributed by atoms with Gasteiger partial charge in [0, 0.05) is 24.5 Å². The van der Waals surface area contributed by atoms with Crippen LogP contribution >= 0.6 is 0 Å². The smallest absolute Gasteiger partial charge is 0.126 e. The van der Waals surface area contributed by atoms with Crippen molar-refractivity contribution in [1.29, 1.82) is 5.26 Å². The molecule has 0 saturated carbocycles. The second kappa shape index (κ2) is 4.94. The number of benzene rings is 1. The topological polar surface area (TPSA) is 27.0 Å². The second-order valence-corrected chi connectivity index (χ2v) is 6.43. The third-order valence-electron chi connectivity index (χ3n) is 4.06. The third kappa shape index (κ3) is 2.79. The van der Waals surface area contributed by atoms with E-state index in [4.69, 9.17) is 0 Å². The first-order valence-corrected chi connectivity index (χ1v) is 6.73. The Morgan fingerprint density at radius 2 is 2.00 bits per heavy atom. The van der Waals surface area contributed by atoms with E-state index < -0.39 is 0 Å². The molecule has 3 heteroatoms. The highest BCUT2D eigenvalue weighted by atomic mass is 19.1. The van der Waals surface area contributed by atoms with Crippen molar-refractivity contribution in [3.63, 3.8) is 0 Å². The van der Waals surface area contributed by atoms with Crippen molar-refractivity contribution in [2.45, 2.75) is 39.2 Å². The Bertz CT molecular complexity index is 510. The molecule has 1 saturated heterocycles. The van der Waals surface area contributed by atoms with Gasteiger partial charge in [-0.3, -0.25) is 4.90 Å². The molecular weight excluding hydrogens is 239 g/mol. The number of nitrogens with zero attached hydrogens (tertiary/aromatic N) is 2. The van der Waals surface area contributed by atoms with Crippen molar-refractivity contribution >= 4 is 0 Å². The molecule has 1 heterocycles. The zero-order valence-corrected chi connectivity index (χ0v) is 12.1. The number of likely N-dealkylation sites (tertiary alicyclic amines) is 1. The number of hydrogen-bond donors (Lipinski definition) is 0. The summed E-state index contributed by atoms with van der Waals surface area (Å²) in [6, 6.07) is 7.74. The molecule has 0 aliphatic carbocycles. The molecule has 0 spiro atoms. The Hall–Kier alpha value is -1.40. The van der Waals surface area contributed by atoms with Crippen LogP contribution in [0.2, 0.25) is 0 Å². The van der Waals surface area contributed by atoms with Gasteiger partial charge in [-0.15, -0.1) is 0 Å². The van der Waals surface area contributed by atoms with Crippen LogP contribution in [0, 0.1) is 30.0 Å². The molecule has 0 bridgehead atoms. The van der Waals surface area contributed by atoms with Crippen molar-refractivity contribution in [2.75, 3.05) is 13.1 Å². The van der Waals surface area contributed by atoms with Gasteiger partial charge in [-0.2, -0.15) is 5.26 Å². The highest BCUT2D eigenvalue weighted by Gasteiger charge is 2.38. The fraction of sp³-hybridized carbons (Fsp3) is 0.562. The first-order chi connectivity index (χ1) is 8.82. The fourth-order valence-electron chi connectivity index (χ4n) is 2.66. The average Bonchev–Trinajstić information content (AvgIpc) is 2.76. The van der Waals surface area contributed by atoms with Crippen molar-refractivity contribution in [1.82, 2.24) is 4.90 Å². The first-order valence-electron chi connectivity index (χ1n) is 6.73. The summed E-state index contributed by atoms with van der Waals surface area (Å²) in [4.78, 5) is 2.31. The molecule has 1 fully saturated rings. The van der Waals surface area contributed by atoms with Crippen LogP contribution in [0.1, 0.15) is 37.8 Å². The number of aryl methyl sites for hydroxylation is 1. The van der Waals surface area contributed by atoms with Gasteiger partial charge >= 0.3 is 0 Å². The van der Waals surface area contributed by atoms with Gasteiger partial charge in [-0.25, -0.2) is 4.39 Å². The first kappa shape index (κ1) is 14.0. The zero-order chi connectivity index (χ0) is 14.2. The summed E-state index contributed by atoms with van der Waals surface area (Å²) in [7, 11) is 0. The highest BCUT2D eigenvalue weighted by molar-refractivity contribution is 5.29. The molecule has 0 amide bonds. The summed E-state index contributed by atoms with van der Waals surface area (Å²) < 4.78 is 13.7. The van der Waals surface area contributed by atoms with Gasteiger partial charge in [0.2, 0.25) is 0 Å². The summed E-state index contributed by atoms with van der Waals surface area (Å²) >= 11 is 0. The van der Waals surface area contributed by atoms with Crippen LogP contribution in [0.4, 0.5) is 4.39 Å². The summed E-state index contributed by atoms with van der Waals surface area (Å²) in [5.41, 5.74) is 1.65. The molecule has 2 atom stereocenters. The van der Waals surface area contributed by atoms with Gasteiger partial charge < -0.3 is 0 Å². The molecular formula is C16H21FN2. The zero-order valence-electron chi connectivity index (χ0n) is 12.1. The monoisotopic (exact) mass is 260 g/mol. The third-order valence-corrected chi connectivity index (χ3v) is 4.06. The summed E-state index contributed by atoms with van der Waals surface area (Å²) in [6.45, 7) is 9.81. The predicted molar refractivity (Wildman–Crippen MR) is 74.3 cm³/mol. The second-order valence-electron chi connectivity index (χ2n) is 6.43. The van der Waals surface area contributed by atoms with E-state index in [9.17, 15) is 9.65 Å². The van der Waals surface area contributed by atoms with E-state index in [1.54, 1.807) is 19.1 Å². The van der Waals surface area contributed by atoms with Crippen LogP contribution in [0.3, 0.4) is 0 Å². The van der Waals surface area contributed by atoms with E-state index >= 15 is 0 Å². The Morgan fingerprint density at radius 1 is 1.32 bits per heavy atom. The number of nitriles is 1. The Labute approximate surface area is 114 Å². The minimum absolute atomic E-state index is 0.0487. The minimum atomic E-state index is -0.177. The van der Waals surface area contributed by atoms with E-state index in [-0.39, 0.29) is 23.2 Å². The predicted octanol–water partition coefficient (Wildman–Crippen LogP) is 3.47. The molecule has 1 aromatic rings. The molecule has 0 radical (unpaired) electrons. The lowest BCUT2D eigenvalue weighted by Gasteiger charge is -2.31. The molecule has 0 N–H and O–H groups in total. The van der Waals surface area contributed by atoms with Gasteiger partial charge in [-0.1, -0.05) is 12.1 Å². The molecule has 2 rings (SSSR count). The van der Waals surface area contributed by atoms with Gasteiger partial charge in [0.15, 0.2) is 0 Å². The molecule has 1 aliphatic rings. The maximum absolute atomic E-state index is 13.7. The number of hydrogen-bond acceptors (Lipinski definition) is 2. The van der Waals surface area contributed by atoms with Crippen LogP contribution in [0.5, 0.6) is 0 Å². The van der Waals surface area contributed by atoms with E-state index in [1.807, 2.05) is 6.07 Å². The lowest BCUT2D eigenvalue weighted by Crippen LogP contribution is -2.39. The fourth-order valence-corrected chi connectivity index (χ4v) is 2.66. The van der Waals surface area contributed by atoms with Crippen LogP contribution in [-0.4, -0.2) is 23.5 Å². The maximum Gasteiger partial charge on any atom is 0.126 e. The summed E-state index contributed by atoms with van der Waals surface area (Å²) in [5.74, 6) is -0.121. The number of halogens is 1. The van der Waals surface area contributed by atoms with Crippen molar-refractivity contribution in [2.24, 2.45) is 5.92 Å². The van der Waals surface area contributed by atoms with Crippen molar-refractivity contribution in [3.05, 3.63) is 35.1 Å². The molecule has 102 valence electrons. The van der Waals surface area contributed by atoms with Crippen molar-refractivity contribution < 1.29 is 4.39 Å². The summed E-state index contributed by atoms with van der Waals surface area (Å²) in [5, 5.41) is 9.33. The van der Waals surface area contributed by atoms with E-state index in [0.717, 1.165) is 18.7 Å². The standard InChI is InChI=1S/C16H21FN2/c1-11-5-6-12(7-15(11)17)14-10-19(16(2,3)4)9-13(14)8-18/h5-7,13-14H,9-10H2,1-4H3/t13-,14+/m1/s1. The molecule has 0 unspecified atom stereocenters. The van der Waals surface area contributed by atoms with Gasteiger partial charge in [0.05, 0.1) is 12.0 Å². The molecule has 1 aliphatic heterocycles. The largest absolute Gasteiger partial charge is 0.297 e. The summed E-state index contributed by atoms with van der Waals surface area (Å²) in [6.07, 6.45) is 0. The Morgan fingerprint density at radius 3 is 2.53 bits per heavy atom. The Balaban J connectivity index is 2.28. The van der Waals surface area contributed by atoms with Gasteiger partial charge in [0.1, 0.15) is 5.82 Å². The van der Waals surface area contributed by atoms with E-state index in [0.29, 0.717) is 5.56 Å². The lowest BCUT2D eigenvalue weighted by atomic mass is 9.89. The van der Waals surface area contributed by atoms with Crippen LogP contribution in [0.15, 0.2) is 18.2 Å². The molecule has 1 aromatic carbocycles. The quantitative estimate of drug-likeness (QED) is 0.773. The molecule has 2 nitrogen and oxygen atoms in total. The SMILES string of the molecule is Cc1ccc([C@@H]2CN(C(C)(C)C)C[C@H]2C#N)cc1F. The van der Waals surface area contributed by atoms with E-state index in [2.05, 4.69) is 31.7 Å².